The van der Waals surface area contributed by atoms with Gasteiger partial charge in [-0.05, 0) is 44.4 Å². The predicted octanol–water partition coefficient (Wildman–Crippen LogP) is 2.96. The number of hydrogen-bond acceptors (Lipinski definition) is 2. The minimum absolute atomic E-state index is 0.668. The number of hydrogen-bond donors (Lipinski definition) is 1. The van der Waals surface area contributed by atoms with Gasteiger partial charge < -0.3 is 10.6 Å². The molecule has 17 heavy (non-hydrogen) atoms. The molecular weight excluding hydrogens is 208 g/mol. The van der Waals surface area contributed by atoms with Crippen molar-refractivity contribution in [2.45, 2.75) is 45.1 Å². The smallest absolute Gasteiger partial charge is 0.0402 e. The molecule has 2 nitrogen and oxygen atoms in total. The third-order valence-corrected chi connectivity index (χ3v) is 3.70. The van der Waals surface area contributed by atoms with Gasteiger partial charge in [-0.2, -0.15) is 0 Å². The molecule has 0 spiro atoms. The average Bonchev–Trinajstić information content (AvgIpc) is 2.65. The zero-order chi connectivity index (χ0) is 12.1. The lowest BCUT2D eigenvalue weighted by Crippen LogP contribution is -2.30. The molecule has 1 aromatic rings. The first-order valence-electron chi connectivity index (χ1n) is 6.87. The minimum atomic E-state index is 0.668. The standard InChI is InChI=1S/C15H24N2/c1-13-12-14-8-4-5-9-15(14)17(13)11-7-3-2-6-10-16/h4-5,8-9,13H,2-3,6-7,10-12,16H2,1H3. The molecule has 1 unspecified atom stereocenters. The second-order valence-corrected chi connectivity index (χ2v) is 5.08. The second-order valence-electron chi connectivity index (χ2n) is 5.08. The number of benzene rings is 1. The molecule has 94 valence electrons. The van der Waals surface area contributed by atoms with Crippen LogP contribution in [0, 0.1) is 0 Å². The largest absolute Gasteiger partial charge is 0.368 e. The van der Waals surface area contributed by atoms with E-state index < -0.39 is 0 Å². The summed E-state index contributed by atoms with van der Waals surface area (Å²) in [6.07, 6.45) is 6.26. The van der Waals surface area contributed by atoms with Crippen molar-refractivity contribution in [1.82, 2.24) is 0 Å². The third-order valence-electron chi connectivity index (χ3n) is 3.70. The summed E-state index contributed by atoms with van der Waals surface area (Å²) in [5.74, 6) is 0. The average molecular weight is 232 g/mol. The van der Waals surface area contributed by atoms with Crippen LogP contribution in [0.25, 0.3) is 0 Å². The monoisotopic (exact) mass is 232 g/mol. The van der Waals surface area contributed by atoms with Gasteiger partial charge in [0, 0.05) is 18.3 Å². The summed E-state index contributed by atoms with van der Waals surface area (Å²) >= 11 is 0. The normalized spacial score (nSPS) is 18.5. The molecule has 2 heteroatoms. The van der Waals surface area contributed by atoms with Crippen LogP contribution in [-0.2, 0) is 6.42 Å². The van der Waals surface area contributed by atoms with E-state index in [1.54, 1.807) is 0 Å². The van der Waals surface area contributed by atoms with Gasteiger partial charge in [-0.3, -0.25) is 0 Å². The van der Waals surface area contributed by atoms with E-state index >= 15 is 0 Å². The predicted molar refractivity (Wildman–Crippen MR) is 74.5 cm³/mol. The van der Waals surface area contributed by atoms with Crippen molar-refractivity contribution in [2.75, 3.05) is 18.0 Å². The molecule has 0 saturated carbocycles. The fourth-order valence-corrected chi connectivity index (χ4v) is 2.75. The highest BCUT2D eigenvalue weighted by Gasteiger charge is 2.24. The van der Waals surface area contributed by atoms with Crippen LogP contribution in [0.2, 0.25) is 0 Å². The van der Waals surface area contributed by atoms with Crippen molar-refractivity contribution < 1.29 is 0 Å². The Bertz CT molecular complexity index is 349. The molecule has 1 aliphatic heterocycles. The lowest BCUT2D eigenvalue weighted by atomic mass is 10.1. The van der Waals surface area contributed by atoms with E-state index in [-0.39, 0.29) is 0 Å². The third kappa shape index (κ3) is 3.01. The van der Waals surface area contributed by atoms with E-state index in [4.69, 9.17) is 5.73 Å². The van der Waals surface area contributed by atoms with Crippen molar-refractivity contribution in [3.05, 3.63) is 29.8 Å². The highest BCUT2D eigenvalue weighted by Crippen LogP contribution is 2.31. The fourth-order valence-electron chi connectivity index (χ4n) is 2.75. The van der Waals surface area contributed by atoms with Gasteiger partial charge in [0.2, 0.25) is 0 Å². The van der Waals surface area contributed by atoms with E-state index in [0.29, 0.717) is 6.04 Å². The van der Waals surface area contributed by atoms with Gasteiger partial charge in [-0.25, -0.2) is 0 Å². The number of nitrogens with two attached hydrogens (primary N) is 1. The Kier molecular flexibility index (Phi) is 4.43. The van der Waals surface area contributed by atoms with E-state index in [9.17, 15) is 0 Å². The van der Waals surface area contributed by atoms with Gasteiger partial charge in [0.25, 0.3) is 0 Å². The number of rotatable bonds is 6. The maximum atomic E-state index is 5.51. The fraction of sp³-hybridized carbons (Fsp3) is 0.600. The molecule has 0 amide bonds. The Morgan fingerprint density at radius 1 is 1.18 bits per heavy atom. The van der Waals surface area contributed by atoms with Crippen LogP contribution in [0.15, 0.2) is 24.3 Å². The van der Waals surface area contributed by atoms with Crippen LogP contribution in [-0.4, -0.2) is 19.1 Å². The lowest BCUT2D eigenvalue weighted by Gasteiger charge is -2.24. The topological polar surface area (TPSA) is 29.3 Å². The van der Waals surface area contributed by atoms with Gasteiger partial charge in [0.1, 0.15) is 0 Å². The second kappa shape index (κ2) is 6.06. The number of nitrogens with zero attached hydrogens (tertiary/aromatic N) is 1. The maximum absolute atomic E-state index is 5.51. The molecule has 0 fully saturated rings. The summed E-state index contributed by atoms with van der Waals surface area (Å²) in [4.78, 5) is 2.57. The first kappa shape index (κ1) is 12.4. The molecule has 0 radical (unpaired) electrons. The molecule has 2 rings (SSSR count). The molecule has 1 aromatic carbocycles. The van der Waals surface area contributed by atoms with Crippen molar-refractivity contribution >= 4 is 5.69 Å². The number of unbranched alkanes of at least 4 members (excludes halogenated alkanes) is 3. The summed E-state index contributed by atoms with van der Waals surface area (Å²) in [7, 11) is 0. The van der Waals surface area contributed by atoms with Crippen LogP contribution >= 0.6 is 0 Å². The van der Waals surface area contributed by atoms with Crippen LogP contribution in [0.4, 0.5) is 5.69 Å². The van der Waals surface area contributed by atoms with E-state index in [1.807, 2.05) is 0 Å². The zero-order valence-electron chi connectivity index (χ0n) is 10.9. The SMILES string of the molecule is CC1Cc2ccccc2N1CCCCCCN. The molecule has 0 aliphatic carbocycles. The number of fused-ring (bicyclic) bond motifs is 1. The Balaban J connectivity index is 1.84. The molecule has 0 bridgehead atoms. The van der Waals surface area contributed by atoms with Gasteiger partial charge in [0.15, 0.2) is 0 Å². The highest BCUT2D eigenvalue weighted by molar-refractivity contribution is 5.59. The summed E-state index contributed by atoms with van der Waals surface area (Å²) in [5, 5.41) is 0. The molecule has 0 aromatic heterocycles. The van der Waals surface area contributed by atoms with Gasteiger partial charge in [0.05, 0.1) is 0 Å². The zero-order valence-corrected chi connectivity index (χ0v) is 10.9. The Morgan fingerprint density at radius 2 is 1.94 bits per heavy atom. The van der Waals surface area contributed by atoms with Crippen LogP contribution in [0.5, 0.6) is 0 Å². The van der Waals surface area contributed by atoms with Crippen molar-refractivity contribution in [3.8, 4) is 0 Å². The van der Waals surface area contributed by atoms with Gasteiger partial charge in [-0.1, -0.05) is 31.0 Å². The molecular formula is C15H24N2. The lowest BCUT2D eigenvalue weighted by molar-refractivity contribution is 0.599. The number of para-hydroxylation sites is 1. The Labute approximate surface area is 105 Å². The number of anilines is 1. The van der Waals surface area contributed by atoms with Crippen molar-refractivity contribution in [3.63, 3.8) is 0 Å². The highest BCUT2D eigenvalue weighted by atomic mass is 15.2. The summed E-state index contributed by atoms with van der Waals surface area (Å²) in [6, 6.07) is 9.50. The van der Waals surface area contributed by atoms with Gasteiger partial charge >= 0.3 is 0 Å². The quantitative estimate of drug-likeness (QED) is 0.764. The molecule has 1 atom stereocenters. The summed E-state index contributed by atoms with van der Waals surface area (Å²) in [6.45, 7) is 4.37. The summed E-state index contributed by atoms with van der Waals surface area (Å²) in [5.41, 5.74) is 8.48. The van der Waals surface area contributed by atoms with Crippen molar-refractivity contribution in [1.29, 1.82) is 0 Å². The van der Waals surface area contributed by atoms with E-state index in [2.05, 4.69) is 36.1 Å². The first-order valence-corrected chi connectivity index (χ1v) is 6.87. The van der Waals surface area contributed by atoms with E-state index in [1.165, 1.54) is 49.9 Å². The van der Waals surface area contributed by atoms with Crippen molar-refractivity contribution in [2.24, 2.45) is 5.73 Å². The first-order chi connectivity index (χ1) is 8.33. The Morgan fingerprint density at radius 3 is 2.76 bits per heavy atom. The molecule has 1 heterocycles. The molecule has 1 aliphatic rings. The Hall–Kier alpha value is -1.02. The van der Waals surface area contributed by atoms with Crippen LogP contribution < -0.4 is 10.6 Å². The van der Waals surface area contributed by atoms with E-state index in [0.717, 1.165) is 6.54 Å². The molecule has 0 saturated heterocycles. The maximum Gasteiger partial charge on any atom is 0.0402 e. The summed E-state index contributed by atoms with van der Waals surface area (Å²) < 4.78 is 0. The molecule has 2 N–H and O–H groups in total. The minimum Gasteiger partial charge on any atom is -0.368 e. The van der Waals surface area contributed by atoms with Crippen LogP contribution in [0.1, 0.15) is 38.2 Å². The van der Waals surface area contributed by atoms with Crippen LogP contribution in [0.3, 0.4) is 0 Å². The van der Waals surface area contributed by atoms with Gasteiger partial charge in [-0.15, -0.1) is 0 Å².